The zero-order valence-corrected chi connectivity index (χ0v) is 14.3. The molecule has 0 spiro atoms. The van der Waals surface area contributed by atoms with E-state index in [0.29, 0.717) is 5.92 Å². The van der Waals surface area contributed by atoms with Gasteiger partial charge in [0.15, 0.2) is 5.96 Å². The maximum absolute atomic E-state index is 5.68. The molecule has 0 amide bonds. The first-order valence-corrected chi connectivity index (χ1v) is 8.35. The molecule has 1 aromatic rings. The number of aryl methyl sites for hydroxylation is 1. The fourth-order valence-electron chi connectivity index (χ4n) is 2.49. The second-order valence-electron chi connectivity index (χ2n) is 5.86. The van der Waals surface area contributed by atoms with Gasteiger partial charge in [0.2, 0.25) is 0 Å². The van der Waals surface area contributed by atoms with Gasteiger partial charge in [-0.1, -0.05) is 0 Å². The van der Waals surface area contributed by atoms with Crippen LogP contribution in [-0.4, -0.2) is 62.3 Å². The molecule has 1 aromatic heterocycles. The highest BCUT2D eigenvalue weighted by atomic mass is 16.5. The lowest BCUT2D eigenvalue weighted by atomic mass is 10.1. The maximum Gasteiger partial charge on any atom is 0.190 e. The third-order valence-electron chi connectivity index (χ3n) is 3.82. The van der Waals surface area contributed by atoms with Gasteiger partial charge in [-0.2, -0.15) is 5.10 Å². The Morgan fingerprint density at radius 2 is 2.35 bits per heavy atom. The molecule has 0 bridgehead atoms. The molecule has 1 aliphatic heterocycles. The summed E-state index contributed by atoms with van der Waals surface area (Å²) in [6, 6.07) is 0. The monoisotopic (exact) mass is 323 g/mol. The van der Waals surface area contributed by atoms with Crippen LogP contribution < -0.4 is 10.6 Å². The highest BCUT2D eigenvalue weighted by Crippen LogP contribution is 2.12. The van der Waals surface area contributed by atoms with E-state index in [1.165, 1.54) is 5.56 Å². The van der Waals surface area contributed by atoms with Crippen LogP contribution in [-0.2, 0) is 22.9 Å². The number of nitrogens with zero attached hydrogens (tertiary/aromatic N) is 3. The average molecular weight is 323 g/mol. The van der Waals surface area contributed by atoms with Crippen molar-refractivity contribution in [2.75, 3.05) is 46.6 Å². The molecule has 1 saturated heterocycles. The van der Waals surface area contributed by atoms with Crippen LogP contribution in [0.15, 0.2) is 17.4 Å². The van der Waals surface area contributed by atoms with Gasteiger partial charge < -0.3 is 20.1 Å². The summed E-state index contributed by atoms with van der Waals surface area (Å²) in [4.78, 5) is 4.22. The minimum absolute atomic E-state index is 0.588. The third kappa shape index (κ3) is 7.00. The number of aromatic nitrogens is 2. The van der Waals surface area contributed by atoms with Crippen molar-refractivity contribution in [3.05, 3.63) is 18.0 Å². The van der Waals surface area contributed by atoms with E-state index in [9.17, 15) is 0 Å². The van der Waals surface area contributed by atoms with Gasteiger partial charge >= 0.3 is 0 Å². The Hall–Kier alpha value is -1.60. The van der Waals surface area contributed by atoms with Gasteiger partial charge in [0.05, 0.1) is 19.4 Å². The lowest BCUT2D eigenvalue weighted by molar-refractivity contribution is 0.0888. The molecule has 2 N–H and O–H groups in total. The van der Waals surface area contributed by atoms with Crippen LogP contribution >= 0.6 is 0 Å². The Morgan fingerprint density at radius 3 is 3.04 bits per heavy atom. The molecule has 23 heavy (non-hydrogen) atoms. The summed E-state index contributed by atoms with van der Waals surface area (Å²) in [5.74, 6) is 1.42. The first-order valence-electron chi connectivity index (χ1n) is 8.35. The number of nitrogens with one attached hydrogen (secondary N) is 2. The third-order valence-corrected chi connectivity index (χ3v) is 3.82. The smallest absolute Gasteiger partial charge is 0.190 e. The SMILES string of the molecule is CN=C(NCCCOCC1CCOC1)NCCc1cnn(C)c1. The van der Waals surface area contributed by atoms with Gasteiger partial charge in [0.25, 0.3) is 0 Å². The van der Waals surface area contributed by atoms with Crippen LogP contribution in [0.5, 0.6) is 0 Å². The van der Waals surface area contributed by atoms with Crippen LogP contribution in [0.25, 0.3) is 0 Å². The number of rotatable bonds is 9. The molecule has 1 fully saturated rings. The van der Waals surface area contributed by atoms with E-state index in [-0.39, 0.29) is 0 Å². The first kappa shape index (κ1) is 17.7. The van der Waals surface area contributed by atoms with Gasteiger partial charge in [-0.15, -0.1) is 0 Å². The van der Waals surface area contributed by atoms with E-state index in [2.05, 4.69) is 20.7 Å². The molecule has 0 aliphatic carbocycles. The van der Waals surface area contributed by atoms with Gasteiger partial charge in [-0.25, -0.2) is 0 Å². The first-order chi connectivity index (χ1) is 11.3. The van der Waals surface area contributed by atoms with Crippen molar-refractivity contribution >= 4 is 5.96 Å². The van der Waals surface area contributed by atoms with Crippen LogP contribution in [0.3, 0.4) is 0 Å². The predicted molar refractivity (Wildman–Crippen MR) is 90.6 cm³/mol. The van der Waals surface area contributed by atoms with Crippen molar-refractivity contribution in [3.63, 3.8) is 0 Å². The predicted octanol–water partition coefficient (Wildman–Crippen LogP) is 0.571. The average Bonchev–Trinajstić information content (AvgIpc) is 3.20. The number of ether oxygens (including phenoxy) is 2. The molecular formula is C16H29N5O2. The molecule has 0 saturated carbocycles. The summed E-state index contributed by atoms with van der Waals surface area (Å²) in [5.41, 5.74) is 1.22. The van der Waals surface area contributed by atoms with Crippen molar-refractivity contribution in [1.82, 2.24) is 20.4 Å². The molecule has 0 aromatic carbocycles. The zero-order chi connectivity index (χ0) is 16.3. The van der Waals surface area contributed by atoms with Gasteiger partial charge in [0.1, 0.15) is 0 Å². The number of guanidine groups is 1. The summed E-state index contributed by atoms with van der Waals surface area (Å²) < 4.78 is 12.8. The van der Waals surface area contributed by atoms with Gasteiger partial charge in [-0.3, -0.25) is 9.67 Å². The van der Waals surface area contributed by atoms with E-state index in [1.54, 1.807) is 7.05 Å². The van der Waals surface area contributed by atoms with Crippen molar-refractivity contribution in [2.45, 2.75) is 19.3 Å². The summed E-state index contributed by atoms with van der Waals surface area (Å²) in [6.45, 7) is 5.02. The van der Waals surface area contributed by atoms with E-state index >= 15 is 0 Å². The molecule has 1 unspecified atom stereocenters. The van der Waals surface area contributed by atoms with E-state index in [1.807, 2.05) is 24.1 Å². The molecule has 7 nitrogen and oxygen atoms in total. The highest BCUT2D eigenvalue weighted by molar-refractivity contribution is 5.79. The minimum Gasteiger partial charge on any atom is -0.381 e. The number of hydrogen-bond donors (Lipinski definition) is 2. The molecule has 2 rings (SSSR count). The standard InChI is InChI=1S/C16H29N5O2/c1-17-16(19-7-4-14-10-20-21(2)11-14)18-6-3-8-22-12-15-5-9-23-13-15/h10-11,15H,3-9,12-13H2,1-2H3,(H2,17,18,19). The Morgan fingerprint density at radius 1 is 1.48 bits per heavy atom. The minimum atomic E-state index is 0.588. The fourth-order valence-corrected chi connectivity index (χ4v) is 2.49. The quantitative estimate of drug-likeness (QED) is 0.395. The molecule has 0 radical (unpaired) electrons. The largest absolute Gasteiger partial charge is 0.381 e. The van der Waals surface area contributed by atoms with Gasteiger partial charge in [0, 0.05) is 52.5 Å². The van der Waals surface area contributed by atoms with Crippen LogP contribution in [0.4, 0.5) is 0 Å². The Bertz CT molecular complexity index is 469. The Balaban J connectivity index is 1.47. The highest BCUT2D eigenvalue weighted by Gasteiger charge is 2.15. The summed E-state index contributed by atoms with van der Waals surface area (Å²) >= 11 is 0. The second-order valence-corrected chi connectivity index (χ2v) is 5.86. The molecule has 130 valence electrons. The molecule has 2 heterocycles. The number of hydrogen-bond acceptors (Lipinski definition) is 4. The zero-order valence-electron chi connectivity index (χ0n) is 14.3. The Kier molecular flexibility index (Phi) is 7.89. The summed E-state index contributed by atoms with van der Waals surface area (Å²) in [6.07, 6.45) is 6.96. The summed E-state index contributed by atoms with van der Waals surface area (Å²) in [5, 5.41) is 10.8. The molecule has 1 aliphatic rings. The van der Waals surface area contributed by atoms with Crippen molar-refractivity contribution in [2.24, 2.45) is 18.0 Å². The van der Waals surface area contributed by atoms with Crippen LogP contribution in [0.2, 0.25) is 0 Å². The normalized spacial score (nSPS) is 18.3. The number of aliphatic imine (C=N–C) groups is 1. The summed E-state index contributed by atoms with van der Waals surface area (Å²) in [7, 11) is 3.72. The molecule has 1 atom stereocenters. The van der Waals surface area contributed by atoms with Crippen LogP contribution in [0.1, 0.15) is 18.4 Å². The second kappa shape index (κ2) is 10.2. The maximum atomic E-state index is 5.68. The lowest BCUT2D eigenvalue weighted by Gasteiger charge is -2.12. The molecular weight excluding hydrogens is 294 g/mol. The van der Waals surface area contributed by atoms with Crippen molar-refractivity contribution in [1.29, 1.82) is 0 Å². The van der Waals surface area contributed by atoms with E-state index < -0.39 is 0 Å². The van der Waals surface area contributed by atoms with E-state index in [4.69, 9.17) is 9.47 Å². The van der Waals surface area contributed by atoms with Gasteiger partial charge in [-0.05, 0) is 24.8 Å². The lowest BCUT2D eigenvalue weighted by Crippen LogP contribution is -2.39. The van der Waals surface area contributed by atoms with Crippen molar-refractivity contribution in [3.8, 4) is 0 Å². The van der Waals surface area contributed by atoms with Crippen molar-refractivity contribution < 1.29 is 9.47 Å². The van der Waals surface area contributed by atoms with E-state index in [0.717, 1.165) is 64.7 Å². The Labute approximate surface area is 138 Å². The fraction of sp³-hybridized carbons (Fsp3) is 0.750. The molecule has 7 heteroatoms. The van der Waals surface area contributed by atoms with Crippen LogP contribution in [0, 0.1) is 5.92 Å². The topological polar surface area (TPSA) is 72.7 Å².